The van der Waals surface area contributed by atoms with Gasteiger partial charge in [0.15, 0.2) is 18.2 Å². The van der Waals surface area contributed by atoms with Gasteiger partial charge in [-0.25, -0.2) is 8.78 Å². The number of Topliss-reactive ketones (excluding diaryl/α,β-unsaturated/α-hetero) is 1. The molecule has 0 bridgehead atoms. The van der Waals surface area contributed by atoms with Crippen LogP contribution in [0.5, 0.6) is 5.75 Å². The number of aromatic nitrogens is 1. The van der Waals surface area contributed by atoms with Gasteiger partial charge in [0, 0.05) is 28.7 Å². The quantitative estimate of drug-likeness (QED) is 0.743. The lowest BCUT2D eigenvalue weighted by atomic mass is 10.1. The van der Waals surface area contributed by atoms with Crippen molar-refractivity contribution in [1.29, 1.82) is 0 Å². The van der Waals surface area contributed by atoms with E-state index in [1.165, 1.54) is 0 Å². The van der Waals surface area contributed by atoms with E-state index in [-0.39, 0.29) is 18.1 Å². The fourth-order valence-corrected chi connectivity index (χ4v) is 2.12. The first-order valence-electron chi connectivity index (χ1n) is 6.32. The van der Waals surface area contributed by atoms with Gasteiger partial charge in [0.05, 0.1) is 0 Å². The van der Waals surface area contributed by atoms with Crippen LogP contribution in [0.2, 0.25) is 0 Å². The summed E-state index contributed by atoms with van der Waals surface area (Å²) in [6.07, 6.45) is 1.59. The van der Waals surface area contributed by atoms with Gasteiger partial charge in [0.1, 0.15) is 5.82 Å². The van der Waals surface area contributed by atoms with Gasteiger partial charge in [-0.05, 0) is 18.2 Å². The maximum absolute atomic E-state index is 13.4. The molecule has 3 nitrogen and oxygen atoms in total. The molecule has 1 N–H and O–H groups in total. The number of carbonyl (C=O) groups excluding carboxylic acids is 1. The minimum Gasteiger partial charge on any atom is -0.482 e. The maximum atomic E-state index is 13.4. The molecule has 3 aromatic rings. The van der Waals surface area contributed by atoms with E-state index in [1.807, 2.05) is 24.3 Å². The number of hydrogen-bond acceptors (Lipinski definition) is 2. The molecule has 0 radical (unpaired) electrons. The number of carbonyl (C=O) groups is 1. The zero-order chi connectivity index (χ0) is 14.8. The van der Waals surface area contributed by atoms with Gasteiger partial charge in [-0.15, -0.1) is 0 Å². The molecule has 3 rings (SSSR count). The van der Waals surface area contributed by atoms with Crippen LogP contribution in [-0.4, -0.2) is 17.4 Å². The second kappa shape index (κ2) is 5.36. The third-order valence-corrected chi connectivity index (χ3v) is 3.14. The molecule has 0 saturated heterocycles. The smallest absolute Gasteiger partial charge is 0.202 e. The van der Waals surface area contributed by atoms with Crippen molar-refractivity contribution < 1.29 is 18.3 Å². The first-order valence-corrected chi connectivity index (χ1v) is 6.32. The lowest BCUT2D eigenvalue weighted by molar-refractivity contribution is 0.0920. The summed E-state index contributed by atoms with van der Waals surface area (Å²) in [6.45, 7) is -0.315. The molecule has 0 atom stereocenters. The average Bonchev–Trinajstić information content (AvgIpc) is 2.90. The number of H-pyrrole nitrogens is 1. The van der Waals surface area contributed by atoms with Gasteiger partial charge >= 0.3 is 0 Å². The molecule has 1 aromatic heterocycles. The van der Waals surface area contributed by atoms with Crippen molar-refractivity contribution in [2.24, 2.45) is 0 Å². The fourth-order valence-electron chi connectivity index (χ4n) is 2.12. The van der Waals surface area contributed by atoms with Gasteiger partial charge in [-0.1, -0.05) is 18.2 Å². The summed E-state index contributed by atoms with van der Waals surface area (Å²) in [4.78, 5) is 15.1. The van der Waals surface area contributed by atoms with Crippen LogP contribution in [0.3, 0.4) is 0 Å². The monoisotopic (exact) mass is 287 g/mol. The maximum Gasteiger partial charge on any atom is 0.202 e. The Hall–Kier alpha value is -2.69. The normalized spacial score (nSPS) is 10.8. The van der Waals surface area contributed by atoms with E-state index in [0.29, 0.717) is 11.6 Å². The second-order valence-corrected chi connectivity index (χ2v) is 4.53. The average molecular weight is 287 g/mol. The molecule has 5 heteroatoms. The zero-order valence-corrected chi connectivity index (χ0v) is 10.9. The van der Waals surface area contributed by atoms with Gasteiger partial charge in [0.25, 0.3) is 0 Å². The number of benzene rings is 2. The molecular formula is C16H11F2NO2. The molecule has 0 aliphatic carbocycles. The summed E-state index contributed by atoms with van der Waals surface area (Å²) < 4.78 is 31.3. The minimum atomic E-state index is -0.832. The highest BCUT2D eigenvalue weighted by molar-refractivity contribution is 6.08. The lowest BCUT2D eigenvalue weighted by Gasteiger charge is -2.06. The van der Waals surface area contributed by atoms with Gasteiger partial charge in [-0.2, -0.15) is 0 Å². The Kier molecular flexibility index (Phi) is 3.39. The first kappa shape index (κ1) is 13.3. The Morgan fingerprint density at radius 2 is 1.95 bits per heavy atom. The molecule has 2 aromatic carbocycles. The largest absolute Gasteiger partial charge is 0.482 e. The zero-order valence-electron chi connectivity index (χ0n) is 10.9. The van der Waals surface area contributed by atoms with Gasteiger partial charge in [-0.3, -0.25) is 4.79 Å². The topological polar surface area (TPSA) is 42.1 Å². The molecule has 0 saturated carbocycles. The van der Waals surface area contributed by atoms with Crippen LogP contribution in [0.1, 0.15) is 10.4 Å². The molecule has 0 aliphatic heterocycles. The fraction of sp³-hybridized carbons (Fsp3) is 0.0625. The SMILES string of the molecule is O=C(COc1ccc(F)cc1F)c1c[nH]c2ccccc12. The van der Waals surface area contributed by atoms with Crippen molar-refractivity contribution in [2.45, 2.75) is 0 Å². The van der Waals surface area contributed by atoms with E-state index in [9.17, 15) is 13.6 Å². The van der Waals surface area contributed by atoms with Crippen molar-refractivity contribution in [3.05, 3.63) is 65.9 Å². The van der Waals surface area contributed by atoms with Crippen molar-refractivity contribution in [1.82, 2.24) is 4.98 Å². The molecule has 0 amide bonds. The number of aromatic amines is 1. The molecule has 0 spiro atoms. The number of fused-ring (bicyclic) bond motifs is 1. The molecule has 21 heavy (non-hydrogen) atoms. The summed E-state index contributed by atoms with van der Waals surface area (Å²) in [7, 11) is 0. The van der Waals surface area contributed by atoms with Crippen molar-refractivity contribution in [3.63, 3.8) is 0 Å². The number of hydrogen-bond donors (Lipinski definition) is 1. The third kappa shape index (κ3) is 2.63. The minimum absolute atomic E-state index is 0.149. The van der Waals surface area contributed by atoms with Crippen LogP contribution in [0.15, 0.2) is 48.7 Å². The molecule has 0 fully saturated rings. The van der Waals surface area contributed by atoms with Crippen LogP contribution in [0, 0.1) is 11.6 Å². The van der Waals surface area contributed by atoms with Gasteiger partial charge in [0.2, 0.25) is 5.78 Å². The Morgan fingerprint density at radius 1 is 1.14 bits per heavy atom. The van der Waals surface area contributed by atoms with E-state index in [0.717, 1.165) is 23.0 Å². The number of ketones is 1. The summed E-state index contributed by atoms with van der Waals surface area (Å²) in [5.74, 6) is -1.95. The van der Waals surface area contributed by atoms with Crippen LogP contribution >= 0.6 is 0 Å². The number of para-hydroxylation sites is 1. The van der Waals surface area contributed by atoms with E-state index in [2.05, 4.69) is 4.98 Å². The molecule has 0 aliphatic rings. The van der Waals surface area contributed by atoms with Crippen LogP contribution in [0.4, 0.5) is 8.78 Å². The van der Waals surface area contributed by atoms with Gasteiger partial charge < -0.3 is 9.72 Å². The summed E-state index contributed by atoms with van der Waals surface area (Å²) in [6, 6.07) is 10.3. The van der Waals surface area contributed by atoms with E-state index >= 15 is 0 Å². The summed E-state index contributed by atoms with van der Waals surface area (Å²) >= 11 is 0. The lowest BCUT2D eigenvalue weighted by Crippen LogP contribution is -2.11. The van der Waals surface area contributed by atoms with Crippen molar-refractivity contribution in [3.8, 4) is 5.75 Å². The number of rotatable bonds is 4. The highest BCUT2D eigenvalue weighted by Crippen LogP contribution is 2.20. The van der Waals surface area contributed by atoms with Crippen molar-refractivity contribution in [2.75, 3.05) is 6.61 Å². The first-order chi connectivity index (χ1) is 10.1. The standard InChI is InChI=1S/C16H11F2NO2/c17-10-5-6-16(13(18)7-10)21-9-15(20)12-8-19-14-4-2-1-3-11(12)14/h1-8,19H,9H2. The Morgan fingerprint density at radius 3 is 2.76 bits per heavy atom. The highest BCUT2D eigenvalue weighted by Gasteiger charge is 2.13. The third-order valence-electron chi connectivity index (χ3n) is 3.14. The van der Waals surface area contributed by atoms with Crippen LogP contribution < -0.4 is 4.74 Å². The number of nitrogens with one attached hydrogen (secondary N) is 1. The molecule has 1 heterocycles. The molecule has 0 unspecified atom stereocenters. The van der Waals surface area contributed by atoms with E-state index in [1.54, 1.807) is 6.20 Å². The Labute approximate surface area is 119 Å². The predicted octanol–water partition coefficient (Wildman–Crippen LogP) is 3.71. The Balaban J connectivity index is 1.77. The van der Waals surface area contributed by atoms with Crippen LogP contribution in [-0.2, 0) is 0 Å². The second-order valence-electron chi connectivity index (χ2n) is 4.53. The summed E-state index contributed by atoms with van der Waals surface area (Å²) in [5, 5.41) is 0.783. The van der Waals surface area contributed by atoms with E-state index < -0.39 is 11.6 Å². The Bertz CT molecular complexity index is 811. The van der Waals surface area contributed by atoms with E-state index in [4.69, 9.17) is 4.74 Å². The predicted molar refractivity (Wildman–Crippen MR) is 74.5 cm³/mol. The number of ether oxygens (including phenoxy) is 1. The summed E-state index contributed by atoms with van der Waals surface area (Å²) in [5.41, 5.74) is 1.32. The molecule has 106 valence electrons. The number of halogens is 2. The van der Waals surface area contributed by atoms with Crippen LogP contribution in [0.25, 0.3) is 10.9 Å². The highest BCUT2D eigenvalue weighted by atomic mass is 19.1. The molecular weight excluding hydrogens is 276 g/mol. The van der Waals surface area contributed by atoms with Crippen molar-refractivity contribution >= 4 is 16.7 Å².